The monoisotopic (exact) mass is 446 g/mol. The molecule has 1 heterocycles. The number of hydrogen-bond acceptors (Lipinski definition) is 4. The third kappa shape index (κ3) is 5.02. The van der Waals surface area contributed by atoms with Gasteiger partial charge in [-0.2, -0.15) is 0 Å². The predicted octanol–water partition coefficient (Wildman–Crippen LogP) is 4.92. The molecule has 0 spiro atoms. The zero-order valence-corrected chi connectivity index (χ0v) is 19.0. The first-order valence-electron chi connectivity index (χ1n) is 10.6. The van der Waals surface area contributed by atoms with E-state index in [1.54, 1.807) is 6.07 Å². The van der Waals surface area contributed by atoms with E-state index in [0.717, 1.165) is 47.8 Å². The van der Waals surface area contributed by atoms with Crippen LogP contribution in [0.2, 0.25) is 5.02 Å². The molecule has 0 saturated heterocycles. The number of carbonyl (C=O) groups is 1. The second-order valence-corrected chi connectivity index (χ2v) is 8.36. The minimum absolute atomic E-state index is 0.142. The zero-order chi connectivity index (χ0) is 22.5. The lowest BCUT2D eigenvalue weighted by molar-refractivity contribution is -0.110. The van der Waals surface area contributed by atoms with E-state index in [1.165, 1.54) is 5.56 Å². The van der Waals surface area contributed by atoms with Gasteiger partial charge in [-0.15, -0.1) is 0 Å². The number of halogens is 1. The Morgan fingerprint density at radius 1 is 1.03 bits per heavy atom. The van der Waals surface area contributed by atoms with Crippen molar-refractivity contribution in [2.45, 2.75) is 6.54 Å². The molecule has 0 fully saturated rings. The predicted molar refractivity (Wildman–Crippen MR) is 134 cm³/mol. The molecular weight excluding hydrogens is 420 g/mol. The molecule has 0 bridgehead atoms. The number of nitrogens with zero attached hydrogens (tertiary/aromatic N) is 1. The van der Waals surface area contributed by atoms with Crippen LogP contribution in [0.15, 0.2) is 72.8 Å². The maximum atomic E-state index is 12.9. The Bertz CT molecular complexity index is 1130. The molecule has 1 aliphatic heterocycles. The van der Waals surface area contributed by atoms with E-state index in [1.807, 2.05) is 49.5 Å². The van der Waals surface area contributed by atoms with Crippen LogP contribution in [0.4, 0.5) is 11.4 Å². The number of hydrogen-bond donors (Lipinski definition) is 3. The Kier molecular flexibility index (Phi) is 6.90. The van der Waals surface area contributed by atoms with Gasteiger partial charge in [-0.1, -0.05) is 60.1 Å². The summed E-state index contributed by atoms with van der Waals surface area (Å²) in [7, 11) is 4.08. The van der Waals surface area contributed by atoms with Gasteiger partial charge in [-0.3, -0.25) is 4.79 Å². The Morgan fingerprint density at radius 2 is 1.78 bits per heavy atom. The first-order chi connectivity index (χ1) is 15.5. The fourth-order valence-corrected chi connectivity index (χ4v) is 3.98. The number of rotatable bonds is 8. The van der Waals surface area contributed by atoms with Crippen LogP contribution in [0.5, 0.6) is 0 Å². The average molecular weight is 447 g/mol. The van der Waals surface area contributed by atoms with E-state index in [4.69, 9.17) is 11.6 Å². The van der Waals surface area contributed by atoms with Crippen molar-refractivity contribution in [3.8, 4) is 0 Å². The van der Waals surface area contributed by atoms with Crippen LogP contribution in [0, 0.1) is 0 Å². The molecule has 0 atom stereocenters. The number of likely N-dealkylation sites (N-methyl/N-ethyl adjacent to an activating group) is 2. The Labute approximate surface area is 194 Å². The molecule has 5 nitrogen and oxygen atoms in total. The molecule has 3 N–H and O–H groups in total. The maximum absolute atomic E-state index is 12.9. The molecule has 1 amide bonds. The minimum Gasteiger partial charge on any atom is -0.354 e. The number of amides is 1. The van der Waals surface area contributed by atoms with Crippen molar-refractivity contribution in [1.82, 2.24) is 10.2 Å². The average Bonchev–Trinajstić information content (AvgIpc) is 3.12. The van der Waals surface area contributed by atoms with Gasteiger partial charge in [0.2, 0.25) is 0 Å². The number of anilines is 2. The molecule has 4 rings (SSSR count). The van der Waals surface area contributed by atoms with Crippen molar-refractivity contribution in [2.24, 2.45) is 0 Å². The van der Waals surface area contributed by atoms with E-state index in [-0.39, 0.29) is 5.91 Å². The fraction of sp³-hybridized carbons (Fsp3) is 0.192. The molecule has 6 heteroatoms. The van der Waals surface area contributed by atoms with Gasteiger partial charge in [0, 0.05) is 35.9 Å². The molecule has 3 aromatic rings. The van der Waals surface area contributed by atoms with Gasteiger partial charge in [0.05, 0.1) is 17.0 Å². The third-order valence-corrected chi connectivity index (χ3v) is 5.69. The van der Waals surface area contributed by atoms with Gasteiger partial charge >= 0.3 is 0 Å². The lowest BCUT2D eigenvalue weighted by Crippen LogP contribution is -2.26. The second kappa shape index (κ2) is 10.0. The number of benzene rings is 3. The maximum Gasteiger partial charge on any atom is 0.258 e. The van der Waals surface area contributed by atoms with Crippen LogP contribution in [0.3, 0.4) is 0 Å². The van der Waals surface area contributed by atoms with Gasteiger partial charge in [-0.05, 0) is 49.5 Å². The minimum atomic E-state index is -0.142. The van der Waals surface area contributed by atoms with Gasteiger partial charge in [0.25, 0.3) is 5.91 Å². The molecule has 32 heavy (non-hydrogen) atoms. The van der Waals surface area contributed by atoms with Crippen LogP contribution < -0.4 is 16.0 Å². The van der Waals surface area contributed by atoms with Crippen molar-refractivity contribution < 1.29 is 4.79 Å². The quantitative estimate of drug-likeness (QED) is 0.430. The van der Waals surface area contributed by atoms with E-state index >= 15 is 0 Å². The van der Waals surface area contributed by atoms with Crippen molar-refractivity contribution in [1.29, 1.82) is 0 Å². The first-order valence-corrected chi connectivity index (χ1v) is 11.0. The molecule has 1 aliphatic rings. The van der Waals surface area contributed by atoms with Crippen molar-refractivity contribution in [2.75, 3.05) is 37.8 Å². The van der Waals surface area contributed by atoms with Crippen LogP contribution >= 0.6 is 11.6 Å². The summed E-state index contributed by atoms with van der Waals surface area (Å²) in [4.78, 5) is 15.2. The summed E-state index contributed by atoms with van der Waals surface area (Å²) in [5.41, 5.74) is 6.05. The van der Waals surface area contributed by atoms with Gasteiger partial charge < -0.3 is 20.9 Å². The molecule has 0 aliphatic carbocycles. The summed E-state index contributed by atoms with van der Waals surface area (Å²) in [6.07, 6.45) is 0. The van der Waals surface area contributed by atoms with Crippen molar-refractivity contribution in [3.05, 3.63) is 94.5 Å². The highest BCUT2D eigenvalue weighted by atomic mass is 35.5. The summed E-state index contributed by atoms with van der Waals surface area (Å²) >= 11 is 6.13. The molecule has 0 unspecified atom stereocenters. The molecule has 3 aromatic carbocycles. The van der Waals surface area contributed by atoms with Crippen molar-refractivity contribution >= 4 is 40.2 Å². The van der Waals surface area contributed by atoms with E-state index < -0.39 is 0 Å². The zero-order valence-electron chi connectivity index (χ0n) is 18.3. The number of nitrogens with one attached hydrogen (secondary N) is 3. The smallest absolute Gasteiger partial charge is 0.258 e. The lowest BCUT2D eigenvalue weighted by Gasteiger charge is -2.18. The highest BCUT2D eigenvalue weighted by molar-refractivity contribution is 6.38. The molecule has 164 valence electrons. The summed E-state index contributed by atoms with van der Waals surface area (Å²) in [6, 6.07) is 23.7. The van der Waals surface area contributed by atoms with Crippen LogP contribution in [0.1, 0.15) is 16.7 Å². The first kappa shape index (κ1) is 22.1. The third-order valence-electron chi connectivity index (χ3n) is 5.46. The van der Waals surface area contributed by atoms with Crippen molar-refractivity contribution in [3.63, 3.8) is 0 Å². The highest BCUT2D eigenvalue weighted by Gasteiger charge is 2.28. The molecule has 0 radical (unpaired) electrons. The topological polar surface area (TPSA) is 56.4 Å². The fourth-order valence-electron chi connectivity index (χ4n) is 3.81. The number of fused-ring (bicyclic) bond motifs is 1. The number of carbonyl (C=O) groups excluding carboxylic acids is 1. The molecule has 0 saturated carbocycles. The van der Waals surface area contributed by atoms with Gasteiger partial charge in [-0.25, -0.2) is 0 Å². The van der Waals surface area contributed by atoms with Gasteiger partial charge in [0.15, 0.2) is 0 Å². The van der Waals surface area contributed by atoms with Crippen LogP contribution in [-0.2, 0) is 11.3 Å². The van der Waals surface area contributed by atoms with E-state index in [9.17, 15) is 4.79 Å². The molecule has 0 aromatic heterocycles. The summed E-state index contributed by atoms with van der Waals surface area (Å²) in [5, 5.41) is 10.2. The van der Waals surface area contributed by atoms with E-state index in [2.05, 4.69) is 52.2 Å². The summed E-state index contributed by atoms with van der Waals surface area (Å²) < 4.78 is 0. The van der Waals surface area contributed by atoms with Gasteiger partial charge in [0.1, 0.15) is 0 Å². The Balaban J connectivity index is 1.66. The Hall–Kier alpha value is -3.12. The Morgan fingerprint density at radius 3 is 2.50 bits per heavy atom. The summed E-state index contributed by atoms with van der Waals surface area (Å²) in [5.74, 6) is -0.142. The van der Waals surface area contributed by atoms with Crippen LogP contribution in [0.25, 0.3) is 11.3 Å². The molecular formula is C26H27ClN4O. The second-order valence-electron chi connectivity index (χ2n) is 7.92. The normalized spacial score (nSPS) is 14.3. The highest BCUT2D eigenvalue weighted by Crippen LogP contribution is 2.38. The van der Waals surface area contributed by atoms with Crippen LogP contribution in [-0.4, -0.2) is 38.0 Å². The summed E-state index contributed by atoms with van der Waals surface area (Å²) in [6.45, 7) is 2.82. The SMILES string of the molecule is CNCCN(C)Cc1ccc(NC(=C2C(=O)Nc3cc(Cl)ccc32)c2ccccc2)cc1. The largest absolute Gasteiger partial charge is 0.354 e. The standard InChI is InChI=1S/C26H27ClN4O/c1-28-14-15-31(2)17-18-8-11-21(12-9-18)29-25(19-6-4-3-5-7-19)24-22-13-10-20(27)16-23(22)30-26(24)32/h3-13,16,28-29H,14-15,17H2,1-2H3,(H,30,32). The van der Waals surface area contributed by atoms with E-state index in [0.29, 0.717) is 10.6 Å². The lowest BCUT2D eigenvalue weighted by atomic mass is 10.00.